The molecule has 0 spiro atoms. The van der Waals surface area contributed by atoms with Gasteiger partial charge in [0, 0.05) is 26.3 Å². The van der Waals surface area contributed by atoms with Crippen molar-refractivity contribution in [1.29, 1.82) is 10.5 Å². The molecule has 6 nitrogen and oxygen atoms in total. The smallest absolute Gasteiger partial charge is 0.303 e. The summed E-state index contributed by atoms with van der Waals surface area (Å²) in [5, 5.41) is 22.4. The van der Waals surface area contributed by atoms with Gasteiger partial charge in [0.15, 0.2) is 12.0 Å². The van der Waals surface area contributed by atoms with Gasteiger partial charge in [0.25, 0.3) is 0 Å². The van der Waals surface area contributed by atoms with Crippen LogP contribution in [0, 0.1) is 51.8 Å². The minimum Gasteiger partial charge on any atom is -0.453 e. The summed E-state index contributed by atoms with van der Waals surface area (Å²) >= 11 is 0. The molecule has 1 saturated carbocycles. The highest BCUT2D eigenvalue weighted by Gasteiger charge is 2.45. The summed E-state index contributed by atoms with van der Waals surface area (Å²) in [6.07, 6.45) is 3.77. The lowest BCUT2D eigenvalue weighted by atomic mass is 9.62. The number of carbonyl (C=O) groups is 2. The fourth-order valence-corrected chi connectivity index (χ4v) is 3.36. The van der Waals surface area contributed by atoms with Gasteiger partial charge in [-0.1, -0.05) is 18.4 Å². The van der Waals surface area contributed by atoms with Crippen LogP contribution in [0.3, 0.4) is 0 Å². The molecule has 0 heterocycles. The number of rotatable bonds is 5. The van der Waals surface area contributed by atoms with Crippen molar-refractivity contribution in [1.82, 2.24) is 5.32 Å². The van der Waals surface area contributed by atoms with Gasteiger partial charge in [-0.3, -0.25) is 9.59 Å². The van der Waals surface area contributed by atoms with Crippen molar-refractivity contribution in [3.05, 3.63) is 18.4 Å². The lowest BCUT2D eigenvalue weighted by Crippen LogP contribution is -2.44. The predicted molar refractivity (Wildman–Crippen MR) is 94.8 cm³/mol. The second-order valence-electron chi connectivity index (χ2n) is 6.36. The van der Waals surface area contributed by atoms with Crippen molar-refractivity contribution in [2.45, 2.75) is 45.6 Å². The van der Waals surface area contributed by atoms with Crippen molar-refractivity contribution in [2.75, 3.05) is 6.61 Å². The van der Waals surface area contributed by atoms with E-state index in [4.69, 9.17) is 4.74 Å². The van der Waals surface area contributed by atoms with Gasteiger partial charge in [-0.2, -0.15) is 10.5 Å². The Morgan fingerprint density at radius 1 is 1.27 bits per heavy atom. The van der Waals surface area contributed by atoms with Crippen LogP contribution in [0.5, 0.6) is 0 Å². The van der Waals surface area contributed by atoms with Crippen molar-refractivity contribution >= 4 is 11.9 Å². The molecule has 1 N–H and O–H groups in total. The number of nitrogens with one attached hydrogen (secondary N) is 1. The lowest BCUT2D eigenvalue weighted by molar-refractivity contribution is -0.139. The van der Waals surface area contributed by atoms with Gasteiger partial charge in [0.2, 0.25) is 5.91 Å². The van der Waals surface area contributed by atoms with E-state index in [0.717, 1.165) is 0 Å². The molecule has 6 heteroatoms. The van der Waals surface area contributed by atoms with E-state index < -0.39 is 11.4 Å². The van der Waals surface area contributed by atoms with E-state index in [1.54, 1.807) is 6.08 Å². The summed E-state index contributed by atoms with van der Waals surface area (Å²) in [6, 6.07) is 4.31. The monoisotopic (exact) mass is 353 g/mol. The van der Waals surface area contributed by atoms with Gasteiger partial charge in [-0.15, -0.1) is 5.73 Å². The van der Waals surface area contributed by atoms with Crippen molar-refractivity contribution in [2.24, 2.45) is 17.3 Å². The number of nitrogens with zero attached hydrogens (tertiary/aromatic N) is 2. The van der Waals surface area contributed by atoms with E-state index in [1.807, 2.05) is 0 Å². The van der Waals surface area contributed by atoms with E-state index in [0.29, 0.717) is 19.3 Å². The fraction of sp³-hybridized carbons (Fsp3) is 0.550. The Kier molecular flexibility index (Phi) is 8.17. The Bertz CT molecular complexity index is 712. The zero-order valence-electron chi connectivity index (χ0n) is 15.2. The minimum absolute atomic E-state index is 0.00323. The molecule has 1 aliphatic rings. The van der Waals surface area contributed by atoms with Crippen LogP contribution < -0.4 is 5.32 Å². The molecule has 0 bridgehead atoms. The van der Waals surface area contributed by atoms with Crippen LogP contribution in [0.2, 0.25) is 0 Å². The van der Waals surface area contributed by atoms with Gasteiger partial charge in [0.1, 0.15) is 0 Å². The molecular formula is C20H23N3O3. The van der Waals surface area contributed by atoms with E-state index in [1.165, 1.54) is 13.8 Å². The molecule has 1 fully saturated rings. The number of esters is 1. The lowest BCUT2D eigenvalue weighted by Gasteiger charge is -2.39. The SMILES string of the molecule is C=C=C[C@@H]1C[C@@H](NC(C)=O)CC[C@H]1C(C#N)(C#N)CC#CCOC(C)=O. The van der Waals surface area contributed by atoms with Crippen LogP contribution in [0.25, 0.3) is 0 Å². The Morgan fingerprint density at radius 3 is 2.50 bits per heavy atom. The van der Waals surface area contributed by atoms with Gasteiger partial charge in [-0.25, -0.2) is 0 Å². The number of nitriles is 2. The molecular weight excluding hydrogens is 330 g/mol. The molecule has 3 atom stereocenters. The zero-order chi connectivity index (χ0) is 19.6. The number of amides is 1. The molecule has 0 saturated heterocycles. The van der Waals surface area contributed by atoms with E-state index in [9.17, 15) is 20.1 Å². The topological polar surface area (TPSA) is 103 Å². The van der Waals surface area contributed by atoms with Crippen molar-refractivity contribution < 1.29 is 14.3 Å². The van der Waals surface area contributed by atoms with E-state index >= 15 is 0 Å². The molecule has 1 amide bonds. The largest absolute Gasteiger partial charge is 0.453 e. The Balaban J connectivity index is 2.97. The Hall–Kier alpha value is -3.00. The number of hydrogen-bond acceptors (Lipinski definition) is 5. The fourth-order valence-electron chi connectivity index (χ4n) is 3.36. The normalized spacial score (nSPS) is 21.6. The van der Waals surface area contributed by atoms with Crippen LogP contribution in [0.1, 0.15) is 39.5 Å². The Labute approximate surface area is 154 Å². The van der Waals surface area contributed by atoms with Crippen LogP contribution in [0.15, 0.2) is 18.4 Å². The summed E-state index contributed by atoms with van der Waals surface area (Å²) in [4.78, 5) is 22.1. The average Bonchev–Trinajstić information content (AvgIpc) is 2.59. The highest BCUT2D eigenvalue weighted by Crippen LogP contribution is 2.44. The summed E-state index contributed by atoms with van der Waals surface area (Å²) in [5.74, 6) is 4.59. The number of allylic oxidation sites excluding steroid dienone is 1. The van der Waals surface area contributed by atoms with Gasteiger partial charge in [-0.05, 0) is 37.2 Å². The third-order valence-electron chi connectivity index (χ3n) is 4.51. The van der Waals surface area contributed by atoms with Crippen LogP contribution >= 0.6 is 0 Å². The first-order valence-corrected chi connectivity index (χ1v) is 8.43. The van der Waals surface area contributed by atoms with Gasteiger partial charge >= 0.3 is 5.97 Å². The molecule has 0 radical (unpaired) electrons. The third kappa shape index (κ3) is 5.82. The first kappa shape index (κ1) is 21.0. The maximum Gasteiger partial charge on any atom is 0.303 e. The number of carbonyl (C=O) groups excluding carboxylic acids is 2. The second kappa shape index (κ2) is 10.1. The molecule has 136 valence electrons. The maximum absolute atomic E-state index is 11.3. The number of ether oxygens (including phenoxy) is 1. The predicted octanol–water partition coefficient (Wildman–Crippen LogP) is 2.24. The zero-order valence-corrected chi connectivity index (χ0v) is 15.2. The molecule has 0 unspecified atom stereocenters. The summed E-state index contributed by atoms with van der Waals surface area (Å²) < 4.78 is 4.74. The average molecular weight is 353 g/mol. The highest BCUT2D eigenvalue weighted by molar-refractivity contribution is 5.73. The van der Waals surface area contributed by atoms with Crippen LogP contribution in [-0.4, -0.2) is 24.5 Å². The highest BCUT2D eigenvalue weighted by atomic mass is 16.5. The number of hydrogen-bond donors (Lipinski definition) is 1. The van der Waals surface area contributed by atoms with Gasteiger partial charge < -0.3 is 10.1 Å². The van der Waals surface area contributed by atoms with Crippen LogP contribution in [-0.2, 0) is 14.3 Å². The molecule has 1 aliphatic carbocycles. The van der Waals surface area contributed by atoms with E-state index in [2.05, 4.69) is 41.6 Å². The van der Waals surface area contributed by atoms with E-state index in [-0.39, 0.29) is 36.8 Å². The maximum atomic E-state index is 11.3. The molecule has 1 rings (SSSR count). The van der Waals surface area contributed by atoms with Gasteiger partial charge in [0.05, 0.1) is 12.1 Å². The second-order valence-corrected chi connectivity index (χ2v) is 6.36. The minimum atomic E-state index is -1.28. The standard InChI is InChI=1S/C20H23N3O3/c1-4-7-17-12-18(23-15(2)24)8-9-19(17)20(13-21,14-22)10-5-6-11-26-16(3)25/h7,17-19H,1,8-12H2,2-3H3,(H,23,24)/t17-,18+,19-/m1/s1. The first-order chi connectivity index (χ1) is 12.4. The molecule has 26 heavy (non-hydrogen) atoms. The summed E-state index contributed by atoms with van der Waals surface area (Å²) in [5.41, 5.74) is 1.48. The quantitative estimate of drug-likeness (QED) is 0.464. The summed E-state index contributed by atoms with van der Waals surface area (Å²) in [7, 11) is 0. The molecule has 0 aromatic rings. The van der Waals surface area contributed by atoms with Crippen molar-refractivity contribution in [3.63, 3.8) is 0 Å². The molecule has 0 aromatic heterocycles. The third-order valence-corrected chi connectivity index (χ3v) is 4.51. The molecule has 0 aliphatic heterocycles. The first-order valence-electron chi connectivity index (χ1n) is 8.43. The molecule has 0 aromatic carbocycles. The van der Waals surface area contributed by atoms with Crippen LogP contribution in [0.4, 0.5) is 0 Å². The summed E-state index contributed by atoms with van der Waals surface area (Å²) in [6.45, 7) is 6.30. The Morgan fingerprint density at radius 2 is 1.96 bits per heavy atom. The van der Waals surface area contributed by atoms with Crippen molar-refractivity contribution in [3.8, 4) is 24.0 Å².